The Morgan fingerprint density at radius 2 is 1.72 bits per heavy atom. The molecule has 2 amide bonds. The minimum absolute atomic E-state index is 0.0246. The van der Waals surface area contributed by atoms with Crippen molar-refractivity contribution < 1.29 is 33.7 Å². The van der Waals surface area contributed by atoms with Gasteiger partial charge in [-0.15, -0.1) is 11.3 Å². The zero-order valence-electron chi connectivity index (χ0n) is 24.7. The van der Waals surface area contributed by atoms with E-state index in [1.807, 2.05) is 13.0 Å². The molecule has 2 heterocycles. The lowest BCUT2D eigenvalue weighted by Crippen LogP contribution is -2.49. The molecule has 232 valence electrons. The normalized spacial score (nSPS) is 11.5. The number of aromatic hydroxyl groups is 1. The number of rotatable bonds is 18. The summed E-state index contributed by atoms with van der Waals surface area (Å²) in [6, 6.07) is 9.37. The Hall–Kier alpha value is -4.07. The van der Waals surface area contributed by atoms with Crippen LogP contribution in [0.1, 0.15) is 50.3 Å². The molecule has 2 aromatic heterocycles. The van der Waals surface area contributed by atoms with E-state index in [1.54, 1.807) is 49.6 Å². The van der Waals surface area contributed by atoms with Crippen LogP contribution in [0.4, 0.5) is 5.95 Å². The van der Waals surface area contributed by atoms with Gasteiger partial charge in [-0.25, -0.2) is 14.8 Å². The summed E-state index contributed by atoms with van der Waals surface area (Å²) >= 11 is 1.26. The Morgan fingerprint density at radius 1 is 0.977 bits per heavy atom. The Kier molecular flexibility index (Phi) is 13.8. The van der Waals surface area contributed by atoms with Gasteiger partial charge in [0.05, 0.1) is 41.6 Å². The number of carbonyl (C=O) groups is 3. The smallest absolute Gasteiger partial charge is 0.330 e. The fourth-order valence-corrected chi connectivity index (χ4v) is 4.75. The number of hydrogen-bond donors (Lipinski definition) is 4. The number of thiophene rings is 1. The molecule has 0 spiro atoms. The second-order valence-electron chi connectivity index (χ2n) is 9.48. The Labute approximate surface area is 255 Å². The maximum absolute atomic E-state index is 13.3. The van der Waals surface area contributed by atoms with E-state index in [0.29, 0.717) is 48.6 Å². The van der Waals surface area contributed by atoms with E-state index in [2.05, 4.69) is 25.9 Å². The van der Waals surface area contributed by atoms with Crippen LogP contribution < -0.4 is 16.0 Å². The molecule has 0 aliphatic rings. The molecule has 0 bridgehead atoms. The molecule has 1 atom stereocenters. The minimum atomic E-state index is -1.16. The monoisotopic (exact) mass is 613 g/mol. The number of anilines is 1. The van der Waals surface area contributed by atoms with Gasteiger partial charge in [-0.2, -0.15) is 0 Å². The maximum atomic E-state index is 13.3. The fraction of sp³-hybridized carbons (Fsp3) is 0.433. The van der Waals surface area contributed by atoms with Gasteiger partial charge in [-0.1, -0.05) is 18.2 Å². The van der Waals surface area contributed by atoms with Crippen molar-refractivity contribution in [2.24, 2.45) is 0 Å². The van der Waals surface area contributed by atoms with Crippen LogP contribution in [0.15, 0.2) is 41.8 Å². The summed E-state index contributed by atoms with van der Waals surface area (Å²) < 4.78 is 15.9. The van der Waals surface area contributed by atoms with Gasteiger partial charge in [-0.05, 0) is 62.8 Å². The molecular weight excluding hydrogens is 574 g/mol. The molecule has 0 radical (unpaired) electrons. The number of hydrogen-bond acceptors (Lipinski definition) is 11. The first-order chi connectivity index (χ1) is 20.8. The van der Waals surface area contributed by atoms with Crippen molar-refractivity contribution in [2.45, 2.75) is 39.7 Å². The van der Waals surface area contributed by atoms with Crippen LogP contribution in [-0.4, -0.2) is 85.0 Å². The number of nitrogens with one attached hydrogen (secondary N) is 3. The van der Waals surface area contributed by atoms with Crippen LogP contribution in [0.3, 0.4) is 0 Å². The van der Waals surface area contributed by atoms with Gasteiger partial charge in [0.1, 0.15) is 18.4 Å². The number of phenols is 1. The van der Waals surface area contributed by atoms with Crippen molar-refractivity contribution >= 4 is 35.1 Å². The number of carbonyl (C=O) groups excluding carboxylic acids is 3. The summed E-state index contributed by atoms with van der Waals surface area (Å²) in [6.07, 6.45) is 1.55. The molecule has 43 heavy (non-hydrogen) atoms. The van der Waals surface area contributed by atoms with E-state index in [4.69, 9.17) is 14.2 Å². The average Bonchev–Trinajstić information content (AvgIpc) is 3.52. The van der Waals surface area contributed by atoms with Crippen LogP contribution in [0, 0.1) is 13.8 Å². The Morgan fingerprint density at radius 3 is 2.42 bits per heavy atom. The number of ether oxygens (including phenoxy) is 3. The predicted molar refractivity (Wildman–Crippen MR) is 163 cm³/mol. The van der Waals surface area contributed by atoms with Gasteiger partial charge in [0.25, 0.3) is 11.8 Å². The molecular formula is C30H39N5O7S. The summed E-state index contributed by atoms with van der Waals surface area (Å²) in [7, 11) is 0. The fourth-order valence-electron chi connectivity index (χ4n) is 4.11. The molecule has 12 nitrogen and oxygen atoms in total. The molecule has 3 aromatic rings. The zero-order valence-corrected chi connectivity index (χ0v) is 25.5. The highest BCUT2D eigenvalue weighted by molar-refractivity contribution is 7.12. The van der Waals surface area contributed by atoms with Crippen molar-refractivity contribution in [3.8, 4) is 5.75 Å². The number of aryl methyl sites for hydroxylation is 3. The van der Waals surface area contributed by atoms with E-state index >= 15 is 0 Å². The lowest BCUT2D eigenvalue weighted by molar-refractivity contribution is -0.147. The topological polar surface area (TPSA) is 161 Å². The first-order valence-electron chi connectivity index (χ1n) is 14.1. The largest absolute Gasteiger partial charge is 0.508 e. The van der Waals surface area contributed by atoms with Gasteiger partial charge < -0.3 is 35.3 Å². The molecule has 0 aliphatic carbocycles. The summed E-state index contributed by atoms with van der Waals surface area (Å²) in [6.45, 7) is 7.20. The number of esters is 1. The third kappa shape index (κ3) is 11.3. The number of benzene rings is 1. The quantitative estimate of drug-likeness (QED) is 0.124. The highest BCUT2D eigenvalue weighted by atomic mass is 32.1. The van der Waals surface area contributed by atoms with E-state index < -0.39 is 17.9 Å². The summed E-state index contributed by atoms with van der Waals surface area (Å²) in [5, 5.41) is 19.9. The lowest BCUT2D eigenvalue weighted by atomic mass is 10.1. The molecule has 0 saturated carbocycles. The third-order valence-corrected chi connectivity index (χ3v) is 7.05. The molecule has 13 heteroatoms. The Bertz CT molecular complexity index is 1310. The van der Waals surface area contributed by atoms with Crippen molar-refractivity contribution in [3.05, 3.63) is 69.2 Å². The molecule has 1 unspecified atom stereocenters. The summed E-state index contributed by atoms with van der Waals surface area (Å²) in [4.78, 5) is 48.1. The number of nitrogens with zero attached hydrogens (tertiary/aromatic N) is 2. The van der Waals surface area contributed by atoms with Crippen molar-refractivity contribution in [1.29, 1.82) is 0 Å². The predicted octanol–water partition coefficient (Wildman–Crippen LogP) is 3.03. The van der Waals surface area contributed by atoms with Gasteiger partial charge in [0.2, 0.25) is 5.95 Å². The van der Waals surface area contributed by atoms with E-state index in [-0.39, 0.29) is 37.0 Å². The zero-order chi connectivity index (χ0) is 31.0. The standard InChI is InChI=1S/C30H39N5O7S/c1-4-40-13-14-41-15-16-42-29(39)24(19-32-27(37)25-11-7-17-43-25)35-28(38)26-20(2)33-30(34-21(26)3)31-12-6-9-22-8-5-10-23(36)18-22/h5,7-8,10-11,17-18,24,36H,4,6,9,12-16,19H2,1-3H3,(H,32,37)(H,35,38)(H,31,33,34). The van der Waals surface area contributed by atoms with Crippen LogP contribution in [0.25, 0.3) is 0 Å². The number of amides is 2. The highest BCUT2D eigenvalue weighted by Gasteiger charge is 2.26. The molecule has 0 saturated heterocycles. The van der Waals surface area contributed by atoms with Crippen molar-refractivity contribution in [1.82, 2.24) is 20.6 Å². The first-order valence-corrected chi connectivity index (χ1v) is 15.0. The van der Waals surface area contributed by atoms with E-state index in [0.717, 1.165) is 18.4 Å². The van der Waals surface area contributed by atoms with E-state index in [9.17, 15) is 19.5 Å². The van der Waals surface area contributed by atoms with Crippen LogP contribution in [0.2, 0.25) is 0 Å². The summed E-state index contributed by atoms with van der Waals surface area (Å²) in [5.41, 5.74) is 2.11. The first kappa shape index (κ1) is 33.4. The van der Waals surface area contributed by atoms with Crippen molar-refractivity contribution in [2.75, 3.05) is 51.4 Å². The maximum Gasteiger partial charge on any atom is 0.330 e. The van der Waals surface area contributed by atoms with Crippen LogP contribution >= 0.6 is 11.3 Å². The molecule has 1 aromatic carbocycles. The van der Waals surface area contributed by atoms with Gasteiger partial charge >= 0.3 is 5.97 Å². The lowest BCUT2D eigenvalue weighted by Gasteiger charge is -2.19. The van der Waals surface area contributed by atoms with Crippen LogP contribution in [0.5, 0.6) is 5.75 Å². The van der Waals surface area contributed by atoms with Gasteiger partial charge in [0.15, 0.2) is 0 Å². The van der Waals surface area contributed by atoms with Crippen molar-refractivity contribution in [3.63, 3.8) is 0 Å². The highest BCUT2D eigenvalue weighted by Crippen LogP contribution is 2.15. The second kappa shape index (κ2) is 17.8. The second-order valence-corrected chi connectivity index (χ2v) is 10.4. The summed E-state index contributed by atoms with van der Waals surface area (Å²) in [5.74, 6) is -1.03. The van der Waals surface area contributed by atoms with E-state index in [1.165, 1.54) is 11.3 Å². The molecule has 0 fully saturated rings. The molecule has 4 N–H and O–H groups in total. The third-order valence-electron chi connectivity index (χ3n) is 6.18. The minimum Gasteiger partial charge on any atom is -0.508 e. The SMILES string of the molecule is CCOCCOCCOC(=O)C(CNC(=O)c1cccs1)NC(=O)c1c(C)nc(NCCCc2cccc(O)c2)nc1C. The number of phenolic OH excluding ortho intramolecular Hbond substituents is 1. The molecule has 0 aliphatic heterocycles. The Balaban J connectivity index is 1.59. The average molecular weight is 614 g/mol. The van der Waals surface area contributed by atoms with Gasteiger partial charge in [-0.3, -0.25) is 9.59 Å². The van der Waals surface area contributed by atoms with Gasteiger partial charge in [0, 0.05) is 19.7 Å². The van der Waals surface area contributed by atoms with Crippen LogP contribution in [-0.2, 0) is 25.4 Å². The number of aromatic nitrogens is 2. The molecule has 3 rings (SSSR count).